The molecule has 0 radical (unpaired) electrons. The molecule has 4 aliphatic heterocycles. The third-order valence-electron chi connectivity index (χ3n) is 12.8. The number of fused-ring (bicyclic) bond motifs is 1. The minimum atomic E-state index is -1.08. The Labute approximate surface area is 404 Å². The zero-order valence-electron chi connectivity index (χ0n) is 38.2. The van der Waals surface area contributed by atoms with Gasteiger partial charge in [-0.05, 0) is 118 Å². The molecule has 1 aromatic heterocycles. The fraction of sp³-hybridized carbons (Fsp3) is 0.400. The molecule has 4 atom stereocenters. The smallest absolute Gasteiger partial charge is 0.286 e. The quantitative estimate of drug-likeness (QED) is 0.123. The monoisotopic (exact) mass is 971 g/mol. The van der Waals surface area contributed by atoms with Gasteiger partial charge in [-0.2, -0.15) is 0 Å². The van der Waals surface area contributed by atoms with Crippen molar-refractivity contribution in [3.8, 4) is 23.0 Å². The highest BCUT2D eigenvalue weighted by Crippen LogP contribution is 2.44. The van der Waals surface area contributed by atoms with Crippen LogP contribution in [-0.4, -0.2) is 99.6 Å². The number of phenols is 1. The Morgan fingerprint density at radius 2 is 1.67 bits per heavy atom. The Morgan fingerprint density at radius 3 is 2.33 bits per heavy atom. The van der Waals surface area contributed by atoms with E-state index in [1.807, 2.05) is 98.0 Å². The number of thioether (sulfide) groups is 1. The van der Waals surface area contributed by atoms with Crippen LogP contribution in [0.2, 0.25) is 10.0 Å². The van der Waals surface area contributed by atoms with Crippen molar-refractivity contribution in [2.24, 2.45) is 0 Å². The molecule has 5 heterocycles. The number of imidazole rings is 1. The number of carbonyl (C=O) groups excluding carboxylic acids is 3. The van der Waals surface area contributed by atoms with E-state index in [0.29, 0.717) is 54.1 Å². The van der Waals surface area contributed by atoms with Crippen molar-refractivity contribution in [2.75, 3.05) is 50.9 Å². The predicted molar refractivity (Wildman–Crippen MR) is 258 cm³/mol. The number of amides is 3. The Kier molecular flexibility index (Phi) is 14.6. The molecule has 354 valence electrons. The molecule has 0 saturated carbocycles. The van der Waals surface area contributed by atoms with Gasteiger partial charge < -0.3 is 43.2 Å². The number of benzene rings is 4. The summed E-state index contributed by atoms with van der Waals surface area (Å²) in [6.45, 7) is 14.1. The lowest BCUT2D eigenvalue weighted by Gasteiger charge is -2.37. The number of ether oxygens (including phenoxy) is 5. The summed E-state index contributed by atoms with van der Waals surface area (Å²) >= 11 is 13.7. The fourth-order valence-corrected chi connectivity index (χ4v) is 10.1. The van der Waals surface area contributed by atoms with Gasteiger partial charge in [0.1, 0.15) is 47.9 Å². The first kappa shape index (κ1) is 48.0. The van der Waals surface area contributed by atoms with Crippen LogP contribution in [-0.2, 0) is 44.2 Å². The second-order valence-corrected chi connectivity index (χ2v) is 19.6. The highest BCUT2D eigenvalue weighted by Gasteiger charge is 2.45. The van der Waals surface area contributed by atoms with Crippen molar-refractivity contribution >= 4 is 57.7 Å². The van der Waals surface area contributed by atoms with E-state index in [0.717, 1.165) is 102 Å². The number of rotatable bonds is 12. The predicted octanol–water partition coefficient (Wildman–Crippen LogP) is 8.58. The minimum Gasteiger partial charge on any atom is -0.507 e. The SMILES string of the molecule is CC(=O)N1CCN(c2ccc(OC[C@H]3CO[C@](Cn4ccnc4)(c4ccc(Cl)cc4Cl)O3)cc2)CC1.Cc1c(C)c2c(c(C)c1O)CCC(C)(COc1ccc(CC3SC(=O)NC3=O)cc1)O2. The first-order valence-electron chi connectivity index (χ1n) is 22.3. The van der Waals surface area contributed by atoms with Gasteiger partial charge in [-0.25, -0.2) is 4.98 Å². The molecule has 9 rings (SSSR count). The number of imide groups is 1. The second kappa shape index (κ2) is 20.4. The Morgan fingerprint density at radius 1 is 0.955 bits per heavy atom. The highest BCUT2D eigenvalue weighted by molar-refractivity contribution is 8.15. The summed E-state index contributed by atoms with van der Waals surface area (Å²) in [7, 11) is 0. The molecule has 3 amide bonds. The van der Waals surface area contributed by atoms with E-state index >= 15 is 0 Å². The number of aromatic hydroxyl groups is 1. The van der Waals surface area contributed by atoms with E-state index in [-0.39, 0.29) is 28.4 Å². The molecule has 14 nitrogen and oxygen atoms in total. The first-order valence-corrected chi connectivity index (χ1v) is 23.9. The summed E-state index contributed by atoms with van der Waals surface area (Å²) in [6.07, 6.45) is 7.11. The van der Waals surface area contributed by atoms with Gasteiger partial charge >= 0.3 is 0 Å². The van der Waals surface area contributed by atoms with Crippen LogP contribution >= 0.6 is 35.0 Å². The third-order valence-corrected chi connectivity index (χ3v) is 14.3. The van der Waals surface area contributed by atoms with E-state index in [2.05, 4.69) is 15.2 Å². The topological polar surface area (TPSA) is 154 Å². The normalized spacial score (nSPS) is 22.4. The van der Waals surface area contributed by atoms with Crippen molar-refractivity contribution in [3.63, 3.8) is 0 Å². The molecule has 0 bridgehead atoms. The fourth-order valence-electron chi connectivity index (χ4n) is 8.69. The molecule has 17 heteroatoms. The molecule has 3 fully saturated rings. The Bertz CT molecular complexity index is 2590. The molecule has 0 aliphatic carbocycles. The average molecular weight is 973 g/mol. The number of nitrogens with one attached hydrogen (secondary N) is 1. The number of anilines is 1. The van der Waals surface area contributed by atoms with E-state index in [1.165, 1.54) is 0 Å². The first-order chi connectivity index (χ1) is 32.1. The summed E-state index contributed by atoms with van der Waals surface area (Å²) in [5.74, 6) is 1.52. The molecule has 3 saturated heterocycles. The maximum Gasteiger partial charge on any atom is 0.286 e. The van der Waals surface area contributed by atoms with Gasteiger partial charge in [0.2, 0.25) is 17.6 Å². The summed E-state index contributed by atoms with van der Waals surface area (Å²) < 4.78 is 33.1. The standard InChI is InChI=1S/C26H28Cl2N4O4.C24H27NO5S/c1-19(33)31-10-12-32(13-11-31)21-3-5-22(6-4-21)34-15-23-16-35-26(36-23,17-30-9-8-29-18-30)24-7-2-20(27)14-25(24)28;1-13-14(2)21-18(15(3)20(13)26)9-10-24(4,30-21)12-29-17-7-5-16(6-8-17)11-19-22(27)25-23(28)31-19/h2-9,14,18,23H,10-13,15-17H2,1H3;5-8,19,26H,9-12H2,1-4H3,(H,25,27,28)/t23-,26-;/m0./s1. The van der Waals surface area contributed by atoms with Crippen LogP contribution in [0.4, 0.5) is 10.5 Å². The average Bonchev–Trinajstić information content (AvgIpc) is 4.07. The van der Waals surface area contributed by atoms with Crippen LogP contribution in [0.3, 0.4) is 0 Å². The van der Waals surface area contributed by atoms with Gasteiger partial charge in [0.05, 0.1) is 29.8 Å². The Hall–Kier alpha value is -5.45. The number of phenolic OH excluding ortho intramolecular Hbond substituents is 1. The summed E-state index contributed by atoms with van der Waals surface area (Å²) in [6, 6.07) is 20.9. The van der Waals surface area contributed by atoms with Crippen molar-refractivity contribution in [1.29, 1.82) is 0 Å². The molecule has 2 unspecified atom stereocenters. The van der Waals surface area contributed by atoms with Crippen LogP contribution in [0.5, 0.6) is 23.0 Å². The van der Waals surface area contributed by atoms with Crippen molar-refractivity contribution in [1.82, 2.24) is 19.8 Å². The minimum absolute atomic E-state index is 0.129. The van der Waals surface area contributed by atoms with Crippen LogP contribution in [0.25, 0.3) is 0 Å². The molecule has 2 N–H and O–H groups in total. The molecule has 67 heavy (non-hydrogen) atoms. The van der Waals surface area contributed by atoms with Crippen LogP contribution in [0.15, 0.2) is 85.5 Å². The van der Waals surface area contributed by atoms with Crippen LogP contribution in [0.1, 0.15) is 53.6 Å². The van der Waals surface area contributed by atoms with E-state index in [9.17, 15) is 19.5 Å². The molecule has 5 aromatic rings. The van der Waals surface area contributed by atoms with Crippen molar-refractivity contribution < 1.29 is 43.2 Å². The zero-order chi connectivity index (χ0) is 47.5. The van der Waals surface area contributed by atoms with Gasteiger partial charge in [-0.1, -0.05) is 53.2 Å². The van der Waals surface area contributed by atoms with E-state index < -0.39 is 11.4 Å². The van der Waals surface area contributed by atoms with Gasteiger partial charge in [-0.15, -0.1) is 0 Å². The lowest BCUT2D eigenvalue weighted by molar-refractivity contribution is -0.189. The molecule has 0 spiro atoms. The van der Waals surface area contributed by atoms with Gasteiger partial charge in [0.15, 0.2) is 0 Å². The molecular weight excluding hydrogens is 918 g/mol. The number of halogens is 2. The molecular formula is C50H55Cl2N5O9S. The van der Waals surface area contributed by atoms with Crippen LogP contribution < -0.4 is 24.4 Å². The Balaban J connectivity index is 0.000000184. The molecule has 4 aliphatic rings. The highest BCUT2D eigenvalue weighted by atomic mass is 35.5. The third kappa shape index (κ3) is 11.1. The number of piperazine rings is 1. The lowest BCUT2D eigenvalue weighted by Crippen LogP contribution is -2.48. The second-order valence-electron chi connectivity index (χ2n) is 17.6. The number of carbonyl (C=O) groups is 3. The van der Waals surface area contributed by atoms with E-state index in [1.54, 1.807) is 31.6 Å². The number of hydrogen-bond acceptors (Lipinski definition) is 12. The van der Waals surface area contributed by atoms with Crippen LogP contribution in [0, 0.1) is 20.8 Å². The summed E-state index contributed by atoms with van der Waals surface area (Å²) in [4.78, 5) is 42.9. The number of hydrogen-bond donors (Lipinski definition) is 2. The lowest BCUT2D eigenvalue weighted by atomic mass is 9.87. The van der Waals surface area contributed by atoms with Gasteiger partial charge in [-0.3, -0.25) is 19.7 Å². The maximum absolute atomic E-state index is 11.7. The summed E-state index contributed by atoms with van der Waals surface area (Å²) in [5.41, 5.74) is 6.13. The largest absolute Gasteiger partial charge is 0.507 e. The van der Waals surface area contributed by atoms with Crippen molar-refractivity contribution in [2.45, 2.75) is 83.2 Å². The summed E-state index contributed by atoms with van der Waals surface area (Å²) in [5, 5.41) is 13.0. The zero-order valence-corrected chi connectivity index (χ0v) is 40.5. The van der Waals surface area contributed by atoms with Gasteiger partial charge in [0.25, 0.3) is 5.24 Å². The van der Waals surface area contributed by atoms with E-state index in [4.69, 9.17) is 46.9 Å². The molecule has 4 aromatic carbocycles. The maximum atomic E-state index is 11.7. The number of aromatic nitrogens is 2. The number of nitrogens with zero attached hydrogens (tertiary/aromatic N) is 4. The van der Waals surface area contributed by atoms with Gasteiger partial charge in [0, 0.05) is 67.3 Å². The van der Waals surface area contributed by atoms with Crippen molar-refractivity contribution in [3.05, 3.63) is 129 Å².